The van der Waals surface area contributed by atoms with Gasteiger partial charge >= 0.3 is 20.9 Å². The van der Waals surface area contributed by atoms with E-state index in [2.05, 4.69) is 134 Å². The van der Waals surface area contributed by atoms with E-state index in [0.29, 0.717) is 17.5 Å². The van der Waals surface area contributed by atoms with Gasteiger partial charge in [-0.3, -0.25) is 9.97 Å². The molecule has 0 atom stereocenters. The molecule has 9 rings (SSSR count). The number of hydrogen-bond donors (Lipinski definition) is 0. The molecule has 1 saturated heterocycles. The van der Waals surface area contributed by atoms with Crippen molar-refractivity contribution in [3.05, 3.63) is 170 Å². The zero-order chi connectivity index (χ0) is 31.9. The summed E-state index contributed by atoms with van der Waals surface area (Å²) < 4.78 is 7.20. The van der Waals surface area contributed by atoms with Gasteiger partial charge in [-0.25, -0.2) is 15.0 Å². The number of hydrogen-bond acceptors (Lipinski definition) is 8. The summed E-state index contributed by atoms with van der Waals surface area (Å²) >= 11 is 0. The van der Waals surface area contributed by atoms with Crippen LogP contribution in [0.4, 0.5) is 0 Å². The molecular weight excluding hydrogens is 589 g/mol. The minimum Gasteiger partial charge on any atom is -0.423 e. The molecule has 4 aliphatic heterocycles. The lowest BCUT2D eigenvalue weighted by Gasteiger charge is -2.53. The van der Waals surface area contributed by atoms with E-state index in [4.69, 9.17) is 15.0 Å². The lowest BCUT2D eigenvalue weighted by Crippen LogP contribution is -2.73. The molecule has 48 heavy (non-hydrogen) atoms. The average molecular weight is 616 g/mol. The lowest BCUT2D eigenvalue weighted by atomic mass is 9.41. The Morgan fingerprint density at radius 1 is 0.479 bits per heavy atom. The van der Waals surface area contributed by atoms with Crippen LogP contribution in [0.5, 0.6) is 0 Å². The molecular formula is C37H27B3N8. The third-order valence-electron chi connectivity index (χ3n) is 9.04. The van der Waals surface area contributed by atoms with Crippen LogP contribution in [0.15, 0.2) is 164 Å². The minimum absolute atomic E-state index is 0.0458. The number of fused-ring (bicyclic) bond motifs is 6. The van der Waals surface area contributed by atoms with Gasteiger partial charge in [-0.1, -0.05) is 72.5 Å². The van der Waals surface area contributed by atoms with Crippen molar-refractivity contribution in [3.8, 4) is 45.3 Å². The van der Waals surface area contributed by atoms with Crippen LogP contribution in [-0.4, -0.2) is 60.0 Å². The summed E-state index contributed by atoms with van der Waals surface area (Å²) in [4.78, 5) is 23.4. The molecule has 224 valence electrons. The van der Waals surface area contributed by atoms with Crippen molar-refractivity contribution in [2.75, 3.05) is 0 Å². The Hall–Kier alpha value is -6.22. The van der Waals surface area contributed by atoms with E-state index in [0.717, 1.165) is 39.0 Å². The summed E-state index contributed by atoms with van der Waals surface area (Å²) in [6.07, 6.45) is 24.4. The van der Waals surface area contributed by atoms with Gasteiger partial charge in [0.1, 0.15) is 0 Å². The molecule has 5 aromatic rings. The number of nitrogens with zero attached hydrogens (tertiary/aromatic N) is 8. The van der Waals surface area contributed by atoms with Crippen molar-refractivity contribution in [2.45, 2.75) is 0 Å². The van der Waals surface area contributed by atoms with Gasteiger partial charge in [0, 0.05) is 41.5 Å². The van der Waals surface area contributed by atoms with Gasteiger partial charge in [-0.05, 0) is 89.4 Å². The zero-order valence-corrected chi connectivity index (χ0v) is 25.9. The maximum atomic E-state index is 4.96. The summed E-state index contributed by atoms with van der Waals surface area (Å²) in [5.41, 5.74) is 7.07. The highest BCUT2D eigenvalue weighted by Gasteiger charge is 2.49. The van der Waals surface area contributed by atoms with E-state index >= 15 is 0 Å². The smallest absolute Gasteiger partial charge is 0.381 e. The van der Waals surface area contributed by atoms with Crippen molar-refractivity contribution in [1.29, 1.82) is 0 Å². The van der Waals surface area contributed by atoms with Crippen LogP contribution >= 0.6 is 0 Å². The van der Waals surface area contributed by atoms with Gasteiger partial charge in [-0.15, -0.1) is 0 Å². The van der Waals surface area contributed by atoms with E-state index < -0.39 is 0 Å². The Bertz CT molecular complexity index is 2110. The largest absolute Gasteiger partial charge is 0.423 e. The van der Waals surface area contributed by atoms with E-state index in [1.54, 1.807) is 24.8 Å². The maximum Gasteiger partial charge on any atom is 0.381 e. The van der Waals surface area contributed by atoms with E-state index in [1.807, 2.05) is 30.3 Å². The molecule has 0 N–H and O–H groups in total. The van der Waals surface area contributed by atoms with Crippen LogP contribution in [0.3, 0.4) is 0 Å². The molecule has 8 nitrogen and oxygen atoms in total. The first kappa shape index (κ1) is 28.0. The number of aromatic nitrogens is 5. The molecule has 7 heterocycles. The highest BCUT2D eigenvalue weighted by Crippen LogP contribution is 2.37. The number of rotatable bonds is 5. The predicted molar refractivity (Wildman–Crippen MR) is 194 cm³/mol. The van der Waals surface area contributed by atoms with Crippen LogP contribution in [0.2, 0.25) is 0 Å². The number of benzene rings is 2. The lowest BCUT2D eigenvalue weighted by molar-refractivity contribution is 0.622. The number of pyridine rings is 2. The van der Waals surface area contributed by atoms with Crippen molar-refractivity contribution in [1.82, 2.24) is 39.1 Å². The van der Waals surface area contributed by atoms with Crippen molar-refractivity contribution >= 4 is 26.5 Å². The highest BCUT2D eigenvalue weighted by molar-refractivity contribution is 6.92. The monoisotopic (exact) mass is 616 g/mol. The molecule has 0 bridgehead atoms. The van der Waals surface area contributed by atoms with Crippen LogP contribution in [-0.2, 0) is 0 Å². The standard InChI is InChI=1S/C37H27B3N8/c1-2-10-28(11-3-1)34-24-29(35-43-36(31-12-8-19-41-26-31)45-37(44-35)32-13-9-20-42-27-32)14-15-33(34)30-16-23-48-39-18-4-6-21-46(39)38-17-5-7-22-47(38)40(48)25-30/h1-27H. The topological polar surface area (TPSA) is 74.2 Å². The van der Waals surface area contributed by atoms with Gasteiger partial charge in [-0.2, -0.15) is 0 Å². The summed E-state index contributed by atoms with van der Waals surface area (Å²) in [7, 11) is 0. The Labute approximate surface area is 280 Å². The Balaban J connectivity index is 1.17. The van der Waals surface area contributed by atoms with E-state index in [-0.39, 0.29) is 20.9 Å². The Morgan fingerprint density at radius 3 is 1.69 bits per heavy atom. The van der Waals surface area contributed by atoms with E-state index in [1.165, 1.54) is 0 Å². The summed E-state index contributed by atoms with van der Waals surface area (Å²) in [6, 6.07) is 24.7. The third-order valence-corrected chi connectivity index (χ3v) is 9.04. The molecule has 0 aliphatic carbocycles. The molecule has 0 amide bonds. The van der Waals surface area contributed by atoms with Gasteiger partial charge in [0.15, 0.2) is 17.5 Å². The van der Waals surface area contributed by atoms with Gasteiger partial charge in [0.25, 0.3) is 0 Å². The fraction of sp³-hybridized carbons (Fsp3) is 0. The molecule has 4 aliphatic rings. The average Bonchev–Trinajstić information content (AvgIpc) is 3.18. The molecule has 3 aromatic heterocycles. The molecule has 0 unspecified atom stereocenters. The molecule has 11 heteroatoms. The van der Waals surface area contributed by atoms with E-state index in [9.17, 15) is 0 Å². The molecule has 0 radical (unpaired) electrons. The van der Waals surface area contributed by atoms with Crippen molar-refractivity contribution < 1.29 is 0 Å². The second-order valence-corrected chi connectivity index (χ2v) is 11.9. The molecule has 2 aromatic carbocycles. The normalized spacial score (nSPS) is 15.8. The number of allylic oxidation sites excluding steroid dienone is 6. The van der Waals surface area contributed by atoms with Crippen LogP contribution in [0.1, 0.15) is 5.56 Å². The summed E-state index contributed by atoms with van der Waals surface area (Å²) in [5, 5.41) is 0. The van der Waals surface area contributed by atoms with Gasteiger partial charge < -0.3 is 14.2 Å². The molecule has 0 spiro atoms. The van der Waals surface area contributed by atoms with Crippen LogP contribution in [0.25, 0.3) is 50.9 Å². The zero-order valence-electron chi connectivity index (χ0n) is 25.9. The van der Waals surface area contributed by atoms with Gasteiger partial charge in [0.05, 0.1) is 0 Å². The van der Waals surface area contributed by atoms with Crippen LogP contribution in [0, 0.1) is 0 Å². The predicted octanol–water partition coefficient (Wildman–Crippen LogP) is 6.41. The van der Waals surface area contributed by atoms with Gasteiger partial charge in [0.2, 0.25) is 0 Å². The Kier molecular flexibility index (Phi) is 6.93. The second-order valence-electron chi connectivity index (χ2n) is 11.9. The SMILES string of the molecule is C1=CB2N3C=CC=CB3N3C=CC(c4ccc(-c5nc(-c6cccnc6)nc(-c6cccnc6)n5)cc4-c4ccccc4)=CB3N2C=C1. The minimum atomic E-state index is 0.0458. The second kappa shape index (κ2) is 11.9. The first-order valence-electron chi connectivity index (χ1n) is 16.0. The quantitative estimate of drug-likeness (QED) is 0.210. The molecule has 1 fully saturated rings. The van der Waals surface area contributed by atoms with Crippen molar-refractivity contribution in [2.24, 2.45) is 0 Å². The van der Waals surface area contributed by atoms with Crippen molar-refractivity contribution in [3.63, 3.8) is 0 Å². The molecule has 0 saturated carbocycles. The first-order valence-corrected chi connectivity index (χ1v) is 16.0. The Morgan fingerprint density at radius 2 is 1.06 bits per heavy atom. The first-order chi connectivity index (χ1) is 23.8. The third kappa shape index (κ3) is 4.97. The maximum absolute atomic E-state index is 4.96. The summed E-state index contributed by atoms with van der Waals surface area (Å²) in [6.45, 7) is 0.313. The fourth-order valence-corrected chi connectivity index (χ4v) is 6.76. The summed E-state index contributed by atoms with van der Waals surface area (Å²) in [5.74, 6) is 8.61. The fourth-order valence-electron chi connectivity index (χ4n) is 6.76. The highest BCUT2D eigenvalue weighted by atomic mass is 15.3. The van der Waals surface area contributed by atoms with Crippen LogP contribution < -0.4 is 0 Å².